The van der Waals surface area contributed by atoms with Gasteiger partial charge in [-0.05, 0) is 37.7 Å². The number of benzene rings is 1. The van der Waals surface area contributed by atoms with Crippen LogP contribution in [0.15, 0.2) is 18.2 Å². The third-order valence-electron chi connectivity index (χ3n) is 5.45. The van der Waals surface area contributed by atoms with E-state index in [0.29, 0.717) is 39.2 Å². The topological polar surface area (TPSA) is 49.2 Å². The molecule has 1 aromatic heterocycles. The molecule has 1 saturated heterocycles. The predicted octanol–water partition coefficient (Wildman–Crippen LogP) is 5.22. The average molecular weight is 412 g/mol. The maximum atomic E-state index is 12.8. The summed E-state index contributed by atoms with van der Waals surface area (Å²) in [6, 6.07) is 5.38. The number of nitrogens with zero attached hydrogens (tertiary/aromatic N) is 3. The van der Waals surface area contributed by atoms with E-state index in [1.807, 2.05) is 19.1 Å². The molecule has 1 aliphatic rings. The Morgan fingerprint density at radius 2 is 1.93 bits per heavy atom. The van der Waals surface area contributed by atoms with E-state index in [0.717, 1.165) is 31.6 Å². The SMILES string of the molecule is Cc1nc(N2CCC(C)(CCF)CC2)c(CO)nc1-c1cccc(Cl)c1Cl. The number of aromatic nitrogens is 2. The number of aliphatic hydroxyl groups is 1. The molecule has 0 saturated carbocycles. The number of hydrogen-bond donors (Lipinski definition) is 1. The van der Waals surface area contributed by atoms with E-state index in [9.17, 15) is 9.50 Å². The summed E-state index contributed by atoms with van der Waals surface area (Å²) in [6.45, 7) is 5.06. The monoisotopic (exact) mass is 411 g/mol. The zero-order valence-electron chi connectivity index (χ0n) is 15.6. The van der Waals surface area contributed by atoms with Crippen molar-refractivity contribution in [3.8, 4) is 11.3 Å². The number of aliphatic hydroxyl groups excluding tert-OH is 1. The van der Waals surface area contributed by atoms with Gasteiger partial charge in [0.25, 0.3) is 0 Å². The maximum Gasteiger partial charge on any atom is 0.153 e. The Morgan fingerprint density at radius 3 is 2.56 bits per heavy atom. The number of aryl methyl sites for hydroxylation is 1. The summed E-state index contributed by atoms with van der Waals surface area (Å²) < 4.78 is 12.8. The number of rotatable bonds is 5. The predicted molar refractivity (Wildman–Crippen MR) is 108 cm³/mol. The van der Waals surface area contributed by atoms with E-state index in [4.69, 9.17) is 28.2 Å². The van der Waals surface area contributed by atoms with Crippen molar-refractivity contribution in [2.75, 3.05) is 24.7 Å². The molecule has 0 atom stereocenters. The molecule has 0 aliphatic carbocycles. The Kier molecular flexibility index (Phi) is 6.24. The van der Waals surface area contributed by atoms with Gasteiger partial charge < -0.3 is 10.0 Å². The largest absolute Gasteiger partial charge is 0.390 e. The first-order valence-corrected chi connectivity index (χ1v) is 9.88. The van der Waals surface area contributed by atoms with Crippen LogP contribution < -0.4 is 4.90 Å². The number of anilines is 1. The molecule has 3 rings (SSSR count). The third kappa shape index (κ3) is 4.20. The van der Waals surface area contributed by atoms with E-state index in [1.54, 1.807) is 6.07 Å². The number of halogens is 3. The van der Waals surface area contributed by atoms with Crippen molar-refractivity contribution in [1.29, 1.82) is 0 Å². The van der Waals surface area contributed by atoms with Gasteiger partial charge in [-0.1, -0.05) is 42.3 Å². The molecule has 7 heteroatoms. The van der Waals surface area contributed by atoms with Gasteiger partial charge in [0.15, 0.2) is 5.82 Å². The fourth-order valence-corrected chi connectivity index (χ4v) is 3.97. The number of alkyl halides is 1. The van der Waals surface area contributed by atoms with Crippen LogP contribution in [0.25, 0.3) is 11.3 Å². The van der Waals surface area contributed by atoms with Crippen LogP contribution in [0, 0.1) is 12.3 Å². The zero-order chi connectivity index (χ0) is 19.6. The van der Waals surface area contributed by atoms with Crippen LogP contribution >= 0.6 is 23.2 Å². The molecule has 0 amide bonds. The summed E-state index contributed by atoms with van der Waals surface area (Å²) in [5.41, 5.74) is 2.59. The fraction of sp³-hybridized carbons (Fsp3) is 0.500. The lowest BCUT2D eigenvalue weighted by atomic mass is 9.78. The van der Waals surface area contributed by atoms with Crippen molar-refractivity contribution < 1.29 is 9.50 Å². The molecular weight excluding hydrogens is 388 g/mol. The normalized spacial score (nSPS) is 16.6. The molecule has 1 aromatic carbocycles. The molecule has 2 heterocycles. The van der Waals surface area contributed by atoms with Gasteiger partial charge in [-0.2, -0.15) is 0 Å². The van der Waals surface area contributed by atoms with Gasteiger partial charge >= 0.3 is 0 Å². The van der Waals surface area contributed by atoms with Crippen LogP contribution in [0.3, 0.4) is 0 Å². The molecule has 146 valence electrons. The van der Waals surface area contributed by atoms with Crippen LogP contribution in [-0.2, 0) is 6.61 Å². The van der Waals surface area contributed by atoms with Crippen LogP contribution in [-0.4, -0.2) is 34.8 Å². The highest BCUT2D eigenvalue weighted by Crippen LogP contribution is 2.38. The smallest absolute Gasteiger partial charge is 0.153 e. The molecule has 1 fully saturated rings. The van der Waals surface area contributed by atoms with Crippen molar-refractivity contribution in [1.82, 2.24) is 9.97 Å². The van der Waals surface area contributed by atoms with E-state index in [1.165, 1.54) is 0 Å². The Labute approximate surface area is 169 Å². The van der Waals surface area contributed by atoms with Crippen LogP contribution in [0.5, 0.6) is 0 Å². The highest BCUT2D eigenvalue weighted by Gasteiger charge is 2.31. The molecule has 2 aromatic rings. The molecule has 1 N–H and O–H groups in total. The molecule has 27 heavy (non-hydrogen) atoms. The highest BCUT2D eigenvalue weighted by atomic mass is 35.5. The van der Waals surface area contributed by atoms with Gasteiger partial charge in [-0.3, -0.25) is 4.39 Å². The van der Waals surface area contributed by atoms with E-state index in [-0.39, 0.29) is 18.7 Å². The minimum Gasteiger partial charge on any atom is -0.390 e. The summed E-state index contributed by atoms with van der Waals surface area (Å²) in [5, 5.41) is 10.8. The van der Waals surface area contributed by atoms with Crippen molar-refractivity contribution in [2.45, 2.75) is 39.7 Å². The molecule has 4 nitrogen and oxygen atoms in total. The summed E-state index contributed by atoms with van der Waals surface area (Å²) in [5.74, 6) is 0.694. The minimum absolute atomic E-state index is 0.0291. The lowest BCUT2D eigenvalue weighted by Gasteiger charge is -2.40. The molecular formula is C20H24Cl2FN3O. The highest BCUT2D eigenvalue weighted by molar-refractivity contribution is 6.43. The zero-order valence-corrected chi connectivity index (χ0v) is 17.1. The second kappa shape index (κ2) is 8.29. The molecule has 0 radical (unpaired) electrons. The summed E-state index contributed by atoms with van der Waals surface area (Å²) in [7, 11) is 0. The van der Waals surface area contributed by atoms with E-state index < -0.39 is 0 Å². The summed E-state index contributed by atoms with van der Waals surface area (Å²) >= 11 is 12.5. The van der Waals surface area contributed by atoms with Crippen molar-refractivity contribution in [2.24, 2.45) is 5.41 Å². The van der Waals surface area contributed by atoms with Crippen LogP contribution in [0.1, 0.15) is 37.6 Å². The Bertz CT molecular complexity index is 823. The first kappa shape index (κ1) is 20.3. The number of hydrogen-bond acceptors (Lipinski definition) is 4. The van der Waals surface area contributed by atoms with Gasteiger partial charge in [0.1, 0.15) is 5.69 Å². The van der Waals surface area contributed by atoms with Crippen molar-refractivity contribution in [3.05, 3.63) is 39.6 Å². The van der Waals surface area contributed by atoms with E-state index >= 15 is 0 Å². The van der Waals surface area contributed by atoms with Gasteiger partial charge in [-0.15, -0.1) is 0 Å². The first-order chi connectivity index (χ1) is 12.9. The quantitative estimate of drug-likeness (QED) is 0.732. The van der Waals surface area contributed by atoms with Gasteiger partial charge in [-0.25, -0.2) is 9.97 Å². The van der Waals surface area contributed by atoms with E-state index in [2.05, 4.69) is 16.8 Å². The number of piperidine rings is 1. The average Bonchev–Trinajstić information content (AvgIpc) is 2.65. The first-order valence-electron chi connectivity index (χ1n) is 9.12. The third-order valence-corrected chi connectivity index (χ3v) is 6.26. The molecule has 0 unspecified atom stereocenters. The lowest BCUT2D eigenvalue weighted by molar-refractivity contribution is 0.204. The van der Waals surface area contributed by atoms with Gasteiger partial charge in [0.05, 0.1) is 34.7 Å². The van der Waals surface area contributed by atoms with Gasteiger partial charge in [0.2, 0.25) is 0 Å². The van der Waals surface area contributed by atoms with Gasteiger partial charge in [0, 0.05) is 18.7 Å². The molecule has 0 bridgehead atoms. The second-order valence-electron chi connectivity index (χ2n) is 7.42. The van der Waals surface area contributed by atoms with Crippen LogP contribution in [0.4, 0.5) is 10.2 Å². The Balaban J connectivity index is 1.93. The maximum absolute atomic E-state index is 12.8. The Morgan fingerprint density at radius 1 is 1.22 bits per heavy atom. The second-order valence-corrected chi connectivity index (χ2v) is 8.21. The lowest BCUT2D eigenvalue weighted by Crippen LogP contribution is -2.40. The van der Waals surface area contributed by atoms with Crippen molar-refractivity contribution in [3.63, 3.8) is 0 Å². The molecule has 0 spiro atoms. The fourth-order valence-electron chi connectivity index (χ4n) is 3.58. The molecule has 1 aliphatic heterocycles. The standard InChI is InChI=1S/C20H24Cl2FN3O/c1-13-18(14-4-3-5-15(21)17(14)22)25-16(12-27)19(24-13)26-10-7-20(2,6-9-23)8-11-26/h3-5,27H,6-12H2,1-2H3. The Hall–Kier alpha value is -1.43. The van der Waals surface area contributed by atoms with Crippen LogP contribution in [0.2, 0.25) is 10.0 Å². The summed E-state index contributed by atoms with van der Waals surface area (Å²) in [6.07, 6.45) is 2.37. The van der Waals surface area contributed by atoms with Crippen molar-refractivity contribution >= 4 is 29.0 Å². The minimum atomic E-state index is -0.285. The summed E-state index contributed by atoms with van der Waals surface area (Å²) in [4.78, 5) is 11.5.